The molecule has 5 heteroatoms. The van der Waals surface area contributed by atoms with E-state index in [1.807, 2.05) is 5.38 Å². The summed E-state index contributed by atoms with van der Waals surface area (Å²) in [6, 6.07) is 3.81. The van der Waals surface area contributed by atoms with E-state index in [9.17, 15) is 4.39 Å². The number of rotatable bonds is 2. The van der Waals surface area contributed by atoms with Crippen LogP contribution in [0.3, 0.4) is 0 Å². The molecule has 1 unspecified atom stereocenters. The predicted octanol–water partition coefficient (Wildman–Crippen LogP) is 4.28. The van der Waals surface area contributed by atoms with E-state index in [-0.39, 0.29) is 11.2 Å². The van der Waals surface area contributed by atoms with Gasteiger partial charge in [-0.05, 0) is 18.2 Å². The summed E-state index contributed by atoms with van der Waals surface area (Å²) in [7, 11) is 0. The molecular formula is C14H16ClFN2S. The highest BCUT2D eigenvalue weighted by atomic mass is 35.5. The minimum Gasteiger partial charge on any atom is -0.318 e. The van der Waals surface area contributed by atoms with Crippen LogP contribution >= 0.6 is 22.9 Å². The van der Waals surface area contributed by atoms with Gasteiger partial charge >= 0.3 is 0 Å². The third-order valence-electron chi connectivity index (χ3n) is 2.85. The van der Waals surface area contributed by atoms with Crippen molar-refractivity contribution in [3.8, 4) is 0 Å². The fourth-order valence-corrected chi connectivity index (χ4v) is 2.90. The lowest BCUT2D eigenvalue weighted by Gasteiger charge is -2.15. The van der Waals surface area contributed by atoms with Gasteiger partial charge in [0.05, 0.1) is 11.7 Å². The van der Waals surface area contributed by atoms with E-state index in [0.29, 0.717) is 15.6 Å². The molecule has 0 saturated heterocycles. The Balaban J connectivity index is 2.36. The minimum atomic E-state index is -0.584. The van der Waals surface area contributed by atoms with Crippen molar-refractivity contribution in [1.82, 2.24) is 4.98 Å². The van der Waals surface area contributed by atoms with Crippen LogP contribution < -0.4 is 5.73 Å². The number of thiazole rings is 1. The Hall–Kier alpha value is -0.970. The predicted molar refractivity (Wildman–Crippen MR) is 78.3 cm³/mol. The van der Waals surface area contributed by atoms with Crippen molar-refractivity contribution >= 4 is 22.9 Å². The molecule has 2 nitrogen and oxygen atoms in total. The second-order valence-electron chi connectivity index (χ2n) is 5.46. The molecule has 1 heterocycles. The zero-order valence-electron chi connectivity index (χ0n) is 11.1. The zero-order chi connectivity index (χ0) is 14.2. The molecule has 2 N–H and O–H groups in total. The van der Waals surface area contributed by atoms with Crippen LogP contribution in [0.25, 0.3) is 0 Å². The zero-order valence-corrected chi connectivity index (χ0v) is 12.6. The van der Waals surface area contributed by atoms with Gasteiger partial charge in [-0.25, -0.2) is 9.37 Å². The minimum absolute atomic E-state index is 0.0403. The first-order chi connectivity index (χ1) is 8.79. The van der Waals surface area contributed by atoms with Crippen LogP contribution in [0.1, 0.15) is 43.1 Å². The molecule has 0 saturated carbocycles. The van der Waals surface area contributed by atoms with Gasteiger partial charge in [-0.2, -0.15) is 0 Å². The molecular weight excluding hydrogens is 283 g/mol. The summed E-state index contributed by atoms with van der Waals surface area (Å²) < 4.78 is 13.8. The fourth-order valence-electron chi connectivity index (χ4n) is 1.66. The van der Waals surface area contributed by atoms with Crippen LogP contribution in [-0.4, -0.2) is 4.98 Å². The van der Waals surface area contributed by atoms with Crippen molar-refractivity contribution < 1.29 is 4.39 Å². The van der Waals surface area contributed by atoms with Gasteiger partial charge in [0.1, 0.15) is 10.8 Å². The molecule has 1 aromatic heterocycles. The number of halogens is 2. The molecule has 0 radical (unpaired) electrons. The Labute approximate surface area is 121 Å². The van der Waals surface area contributed by atoms with Crippen molar-refractivity contribution in [3.05, 3.63) is 50.7 Å². The van der Waals surface area contributed by atoms with Gasteiger partial charge in [0, 0.05) is 21.4 Å². The summed E-state index contributed by atoms with van der Waals surface area (Å²) in [5, 5.41) is 3.14. The molecule has 0 bridgehead atoms. The van der Waals surface area contributed by atoms with Crippen LogP contribution in [0.4, 0.5) is 4.39 Å². The smallest absolute Gasteiger partial charge is 0.128 e. The Kier molecular flexibility index (Phi) is 3.95. The van der Waals surface area contributed by atoms with Gasteiger partial charge in [-0.15, -0.1) is 11.3 Å². The highest BCUT2D eigenvalue weighted by Gasteiger charge is 2.22. The molecule has 0 spiro atoms. The Morgan fingerprint density at radius 3 is 2.63 bits per heavy atom. The Morgan fingerprint density at radius 1 is 1.37 bits per heavy atom. The Morgan fingerprint density at radius 2 is 2.05 bits per heavy atom. The molecule has 0 fully saturated rings. The van der Waals surface area contributed by atoms with Crippen LogP contribution in [0.2, 0.25) is 5.02 Å². The quantitative estimate of drug-likeness (QED) is 0.898. The lowest BCUT2D eigenvalue weighted by molar-refractivity contribution is 0.567. The van der Waals surface area contributed by atoms with E-state index in [1.165, 1.54) is 23.5 Å². The number of aromatic nitrogens is 1. The number of benzene rings is 1. The highest BCUT2D eigenvalue weighted by molar-refractivity contribution is 7.09. The fraction of sp³-hybridized carbons (Fsp3) is 0.357. The topological polar surface area (TPSA) is 38.9 Å². The van der Waals surface area contributed by atoms with Crippen molar-refractivity contribution in [3.63, 3.8) is 0 Å². The van der Waals surface area contributed by atoms with Gasteiger partial charge in [0.2, 0.25) is 0 Å². The van der Waals surface area contributed by atoms with E-state index in [1.54, 1.807) is 6.07 Å². The van der Waals surface area contributed by atoms with Crippen molar-refractivity contribution in [2.45, 2.75) is 32.2 Å². The summed E-state index contributed by atoms with van der Waals surface area (Å²) in [6.07, 6.45) is 0. The molecule has 0 aliphatic heterocycles. The third kappa shape index (κ3) is 3.14. The summed E-state index contributed by atoms with van der Waals surface area (Å²) in [5.74, 6) is -0.357. The van der Waals surface area contributed by atoms with Crippen LogP contribution in [0.15, 0.2) is 23.6 Å². The van der Waals surface area contributed by atoms with Gasteiger partial charge < -0.3 is 5.73 Å². The van der Waals surface area contributed by atoms with Crippen molar-refractivity contribution in [1.29, 1.82) is 0 Å². The first kappa shape index (κ1) is 14.4. The average Bonchev–Trinajstić information content (AvgIpc) is 2.80. The molecule has 102 valence electrons. The van der Waals surface area contributed by atoms with E-state index in [0.717, 1.165) is 5.69 Å². The average molecular weight is 299 g/mol. The van der Waals surface area contributed by atoms with E-state index < -0.39 is 6.04 Å². The van der Waals surface area contributed by atoms with Crippen molar-refractivity contribution in [2.24, 2.45) is 5.73 Å². The number of nitrogens with zero attached hydrogens (tertiary/aromatic N) is 1. The van der Waals surface area contributed by atoms with Gasteiger partial charge in [-0.3, -0.25) is 0 Å². The first-order valence-corrected chi connectivity index (χ1v) is 7.21. The number of hydrogen-bond acceptors (Lipinski definition) is 3. The first-order valence-electron chi connectivity index (χ1n) is 5.95. The summed E-state index contributed by atoms with van der Waals surface area (Å²) in [4.78, 5) is 4.51. The normalized spacial score (nSPS) is 13.6. The molecule has 19 heavy (non-hydrogen) atoms. The summed E-state index contributed by atoms with van der Waals surface area (Å²) in [6.45, 7) is 6.24. The van der Waals surface area contributed by atoms with E-state index in [4.69, 9.17) is 17.3 Å². The van der Waals surface area contributed by atoms with Crippen LogP contribution in [0.5, 0.6) is 0 Å². The van der Waals surface area contributed by atoms with Crippen LogP contribution in [0, 0.1) is 5.82 Å². The molecule has 2 aromatic rings. The van der Waals surface area contributed by atoms with Gasteiger partial charge in [0.25, 0.3) is 0 Å². The lowest BCUT2D eigenvalue weighted by Crippen LogP contribution is -2.16. The second kappa shape index (κ2) is 5.19. The standard InChI is InChI=1S/C14H16ClFN2S/c1-14(2,3)11-7-19-13(18-11)12(17)9-6-8(15)4-5-10(9)16/h4-7,12H,17H2,1-3H3. The molecule has 0 amide bonds. The number of hydrogen-bond donors (Lipinski definition) is 1. The van der Waals surface area contributed by atoms with Crippen molar-refractivity contribution in [2.75, 3.05) is 0 Å². The summed E-state index contributed by atoms with van der Waals surface area (Å²) >= 11 is 7.33. The largest absolute Gasteiger partial charge is 0.318 e. The maximum Gasteiger partial charge on any atom is 0.128 e. The maximum absolute atomic E-state index is 13.8. The lowest BCUT2D eigenvalue weighted by atomic mass is 9.93. The molecule has 0 aliphatic rings. The highest BCUT2D eigenvalue weighted by Crippen LogP contribution is 2.30. The third-order valence-corrected chi connectivity index (χ3v) is 4.01. The van der Waals surface area contributed by atoms with Gasteiger partial charge in [-0.1, -0.05) is 32.4 Å². The maximum atomic E-state index is 13.8. The second-order valence-corrected chi connectivity index (χ2v) is 6.79. The summed E-state index contributed by atoms with van der Waals surface area (Å²) in [5.41, 5.74) is 7.39. The van der Waals surface area contributed by atoms with Crippen LogP contribution in [-0.2, 0) is 5.41 Å². The van der Waals surface area contributed by atoms with E-state index in [2.05, 4.69) is 25.8 Å². The van der Waals surface area contributed by atoms with E-state index >= 15 is 0 Å². The SMILES string of the molecule is CC(C)(C)c1csc(C(N)c2cc(Cl)ccc2F)n1. The molecule has 1 atom stereocenters. The number of nitrogens with two attached hydrogens (primary N) is 1. The molecule has 1 aromatic carbocycles. The molecule has 2 rings (SSSR count). The monoisotopic (exact) mass is 298 g/mol. The van der Waals surface area contributed by atoms with Gasteiger partial charge in [0.15, 0.2) is 0 Å². The molecule has 0 aliphatic carbocycles. The Bertz CT molecular complexity index is 589.